The molecular formula is C14H18BrNO4. The van der Waals surface area contributed by atoms with E-state index >= 15 is 0 Å². The summed E-state index contributed by atoms with van der Waals surface area (Å²) < 4.78 is 11.1. The molecule has 1 aromatic heterocycles. The average molecular weight is 344 g/mol. The number of halogens is 1. The maximum Gasteiger partial charge on any atom is 0.258 e. The van der Waals surface area contributed by atoms with Crippen LogP contribution in [0.3, 0.4) is 0 Å². The van der Waals surface area contributed by atoms with E-state index in [-0.39, 0.29) is 24.0 Å². The van der Waals surface area contributed by atoms with Crippen LogP contribution in [0.1, 0.15) is 29.6 Å². The molecule has 110 valence electrons. The van der Waals surface area contributed by atoms with Gasteiger partial charge in [-0.2, -0.15) is 0 Å². The van der Waals surface area contributed by atoms with Crippen LogP contribution in [0, 0.1) is 5.92 Å². The van der Waals surface area contributed by atoms with Crippen LogP contribution in [0.4, 0.5) is 0 Å². The van der Waals surface area contributed by atoms with Gasteiger partial charge in [0, 0.05) is 12.5 Å². The van der Waals surface area contributed by atoms with Crippen molar-refractivity contribution in [2.45, 2.75) is 31.4 Å². The van der Waals surface area contributed by atoms with E-state index in [2.05, 4.69) is 15.9 Å². The maximum atomic E-state index is 12.7. The van der Waals surface area contributed by atoms with Crippen molar-refractivity contribution in [1.29, 1.82) is 0 Å². The van der Waals surface area contributed by atoms with Crippen molar-refractivity contribution < 1.29 is 19.1 Å². The highest BCUT2D eigenvalue weighted by Gasteiger charge is 2.40. The second-order valence-corrected chi connectivity index (χ2v) is 6.13. The van der Waals surface area contributed by atoms with E-state index in [9.17, 15) is 9.90 Å². The third-order valence-corrected chi connectivity index (χ3v) is 4.91. The zero-order chi connectivity index (χ0) is 14.1. The molecule has 0 radical (unpaired) electrons. The molecule has 0 unspecified atom stereocenters. The van der Waals surface area contributed by atoms with Crippen molar-refractivity contribution in [2.24, 2.45) is 5.92 Å². The largest absolute Gasteiger partial charge is 0.457 e. The van der Waals surface area contributed by atoms with Crippen molar-refractivity contribution in [2.75, 3.05) is 19.8 Å². The molecule has 0 bridgehead atoms. The standard InChI is InChI=1S/C14H18BrNO4/c15-13-10(4-6-20-13)14(18)16-5-7-19-8-11(16)9-2-1-3-12(9)17/h4,6,9,11-12,17H,1-3,5,7-8H2/t9-,11-,12+/m1/s1. The Morgan fingerprint density at radius 2 is 2.30 bits per heavy atom. The number of carbonyl (C=O) groups is 1. The number of hydrogen-bond donors (Lipinski definition) is 1. The van der Waals surface area contributed by atoms with Crippen LogP contribution in [0.2, 0.25) is 0 Å². The average Bonchev–Trinajstić information content (AvgIpc) is 3.06. The van der Waals surface area contributed by atoms with E-state index in [1.807, 2.05) is 4.90 Å². The number of hydrogen-bond acceptors (Lipinski definition) is 4. The Morgan fingerprint density at radius 3 is 2.95 bits per heavy atom. The van der Waals surface area contributed by atoms with Gasteiger partial charge >= 0.3 is 0 Å². The summed E-state index contributed by atoms with van der Waals surface area (Å²) >= 11 is 3.25. The van der Waals surface area contributed by atoms with E-state index in [0.29, 0.717) is 30.0 Å². The highest BCUT2D eigenvalue weighted by molar-refractivity contribution is 9.10. The van der Waals surface area contributed by atoms with E-state index < -0.39 is 0 Å². The molecule has 20 heavy (non-hydrogen) atoms. The minimum absolute atomic E-state index is 0.0458. The first-order chi connectivity index (χ1) is 9.68. The number of morpholine rings is 1. The minimum atomic E-state index is -0.329. The Bertz CT molecular complexity index is 489. The summed E-state index contributed by atoms with van der Waals surface area (Å²) in [6, 6.07) is 1.62. The van der Waals surface area contributed by atoms with Crippen LogP contribution in [-0.2, 0) is 4.74 Å². The van der Waals surface area contributed by atoms with Crippen molar-refractivity contribution in [3.8, 4) is 0 Å². The molecule has 3 atom stereocenters. The molecule has 1 saturated carbocycles. The number of aliphatic hydroxyl groups is 1. The molecule has 0 spiro atoms. The number of carbonyl (C=O) groups excluding carboxylic acids is 1. The molecule has 6 heteroatoms. The summed E-state index contributed by atoms with van der Waals surface area (Å²) in [5.74, 6) is 0.0583. The third-order valence-electron chi connectivity index (χ3n) is 4.30. The first-order valence-corrected chi connectivity index (χ1v) is 7.77. The molecule has 2 heterocycles. The monoisotopic (exact) mass is 343 g/mol. The van der Waals surface area contributed by atoms with E-state index in [4.69, 9.17) is 9.15 Å². The van der Waals surface area contributed by atoms with Gasteiger partial charge in [-0.25, -0.2) is 0 Å². The lowest BCUT2D eigenvalue weighted by atomic mass is 9.94. The van der Waals surface area contributed by atoms with Gasteiger partial charge in [-0.1, -0.05) is 6.42 Å². The number of furan rings is 1. The normalized spacial score (nSPS) is 30.7. The van der Waals surface area contributed by atoms with Crippen LogP contribution in [-0.4, -0.2) is 47.8 Å². The molecular weight excluding hydrogens is 326 g/mol. The zero-order valence-electron chi connectivity index (χ0n) is 11.1. The molecule has 1 aromatic rings. The predicted octanol–water partition coefficient (Wildman–Crippen LogP) is 2.04. The highest BCUT2D eigenvalue weighted by Crippen LogP contribution is 2.33. The number of nitrogens with zero attached hydrogens (tertiary/aromatic N) is 1. The maximum absolute atomic E-state index is 12.7. The molecule has 1 amide bonds. The number of aliphatic hydroxyl groups excluding tert-OH is 1. The summed E-state index contributed by atoms with van der Waals surface area (Å²) in [5, 5.41) is 10.1. The second-order valence-electron chi connectivity index (χ2n) is 5.41. The van der Waals surface area contributed by atoms with Gasteiger partial charge in [0.2, 0.25) is 0 Å². The fraction of sp³-hybridized carbons (Fsp3) is 0.643. The minimum Gasteiger partial charge on any atom is -0.457 e. The van der Waals surface area contributed by atoms with Gasteiger partial charge < -0.3 is 19.2 Å². The van der Waals surface area contributed by atoms with Crippen molar-refractivity contribution in [3.63, 3.8) is 0 Å². The van der Waals surface area contributed by atoms with E-state index in [0.717, 1.165) is 19.3 Å². The van der Waals surface area contributed by atoms with Gasteiger partial charge in [0.25, 0.3) is 5.91 Å². The highest BCUT2D eigenvalue weighted by atomic mass is 79.9. The van der Waals surface area contributed by atoms with Crippen molar-refractivity contribution >= 4 is 21.8 Å². The Kier molecular flexibility index (Phi) is 4.14. The molecule has 2 aliphatic rings. The SMILES string of the molecule is O=C(c1ccoc1Br)N1CCOC[C@@H]1[C@H]1CCC[C@@H]1O. The molecule has 1 aliphatic heterocycles. The van der Waals surface area contributed by atoms with Gasteiger partial charge in [-0.05, 0) is 34.8 Å². The number of ether oxygens (including phenoxy) is 1. The fourth-order valence-corrected chi connectivity index (χ4v) is 3.66. The number of amides is 1. The quantitative estimate of drug-likeness (QED) is 0.892. The summed E-state index contributed by atoms with van der Waals surface area (Å²) in [4.78, 5) is 14.5. The van der Waals surface area contributed by atoms with Crippen LogP contribution in [0.5, 0.6) is 0 Å². The lowest BCUT2D eigenvalue weighted by molar-refractivity contribution is -0.0384. The number of rotatable bonds is 2. The first kappa shape index (κ1) is 14.1. The predicted molar refractivity (Wildman–Crippen MR) is 75.4 cm³/mol. The lowest BCUT2D eigenvalue weighted by Gasteiger charge is -2.40. The summed E-state index contributed by atoms with van der Waals surface area (Å²) in [6.07, 6.45) is 3.95. The summed E-state index contributed by atoms with van der Waals surface area (Å²) in [5.41, 5.74) is 0.532. The van der Waals surface area contributed by atoms with Crippen LogP contribution in [0.25, 0.3) is 0 Å². The Labute approximate surface area is 126 Å². The first-order valence-electron chi connectivity index (χ1n) is 6.98. The Balaban J connectivity index is 1.82. The fourth-order valence-electron chi connectivity index (χ4n) is 3.25. The zero-order valence-corrected chi connectivity index (χ0v) is 12.7. The van der Waals surface area contributed by atoms with Crippen LogP contribution in [0.15, 0.2) is 21.4 Å². The Morgan fingerprint density at radius 1 is 1.45 bits per heavy atom. The third kappa shape index (κ3) is 2.52. The topological polar surface area (TPSA) is 62.9 Å². The molecule has 5 nitrogen and oxygen atoms in total. The molecule has 1 saturated heterocycles. The molecule has 1 N–H and O–H groups in total. The van der Waals surface area contributed by atoms with Gasteiger partial charge in [-0.15, -0.1) is 0 Å². The van der Waals surface area contributed by atoms with Gasteiger partial charge in [0.15, 0.2) is 4.67 Å². The molecule has 1 aliphatic carbocycles. The lowest BCUT2D eigenvalue weighted by Crippen LogP contribution is -2.53. The smallest absolute Gasteiger partial charge is 0.258 e. The van der Waals surface area contributed by atoms with Gasteiger partial charge in [-0.3, -0.25) is 4.79 Å². The van der Waals surface area contributed by atoms with Gasteiger partial charge in [0.1, 0.15) is 0 Å². The van der Waals surface area contributed by atoms with Crippen molar-refractivity contribution in [3.05, 3.63) is 22.6 Å². The van der Waals surface area contributed by atoms with Crippen LogP contribution >= 0.6 is 15.9 Å². The van der Waals surface area contributed by atoms with Gasteiger partial charge in [0.05, 0.1) is 37.2 Å². The molecule has 3 rings (SSSR count). The summed E-state index contributed by atoms with van der Waals surface area (Å²) in [6.45, 7) is 1.60. The second kappa shape index (κ2) is 5.87. The van der Waals surface area contributed by atoms with E-state index in [1.54, 1.807) is 6.07 Å². The van der Waals surface area contributed by atoms with Crippen LogP contribution < -0.4 is 0 Å². The summed E-state index contributed by atoms with van der Waals surface area (Å²) in [7, 11) is 0. The van der Waals surface area contributed by atoms with E-state index in [1.165, 1.54) is 6.26 Å². The Hall–Kier alpha value is -0.850. The van der Waals surface area contributed by atoms with Crippen molar-refractivity contribution in [1.82, 2.24) is 4.90 Å². The molecule has 0 aromatic carbocycles. The molecule has 2 fully saturated rings.